The molecule has 1 aromatic carbocycles. The van der Waals surface area contributed by atoms with E-state index < -0.39 is 0 Å². The quantitative estimate of drug-likeness (QED) is 0.576. The van der Waals surface area contributed by atoms with Gasteiger partial charge in [0.2, 0.25) is 0 Å². The van der Waals surface area contributed by atoms with Gasteiger partial charge >= 0.3 is 0 Å². The fourth-order valence-corrected chi connectivity index (χ4v) is 1.70. The van der Waals surface area contributed by atoms with Gasteiger partial charge in [0.25, 0.3) is 0 Å². The molecule has 0 heterocycles. The van der Waals surface area contributed by atoms with E-state index in [1.54, 1.807) is 12.1 Å². The zero-order chi connectivity index (χ0) is 10.7. The van der Waals surface area contributed by atoms with Crippen molar-refractivity contribution >= 4 is 11.4 Å². The molecule has 2 nitrogen and oxygen atoms in total. The van der Waals surface area contributed by atoms with E-state index in [4.69, 9.17) is 5.73 Å². The van der Waals surface area contributed by atoms with Gasteiger partial charge in [0, 0.05) is 12.2 Å². The minimum absolute atomic E-state index is 0.263. The summed E-state index contributed by atoms with van der Waals surface area (Å²) < 4.78 is 13.3. The number of nitrogen functional groups attached to an aromatic ring is 1. The van der Waals surface area contributed by atoms with Crippen molar-refractivity contribution in [3.8, 4) is 0 Å². The lowest BCUT2D eigenvalue weighted by Crippen LogP contribution is -2.04. The number of hydrogen-bond donors (Lipinski definition) is 2. The fraction of sp³-hybridized carbons (Fsp3) is 0.500. The van der Waals surface area contributed by atoms with Gasteiger partial charge in [-0.15, -0.1) is 0 Å². The Hall–Kier alpha value is -1.25. The van der Waals surface area contributed by atoms with Crippen LogP contribution < -0.4 is 11.1 Å². The van der Waals surface area contributed by atoms with E-state index in [1.165, 1.54) is 25.3 Å². The third kappa shape index (κ3) is 3.11. The number of rotatable bonds is 5. The predicted molar refractivity (Wildman–Crippen MR) is 61.3 cm³/mol. The smallest absolute Gasteiger partial charge is 0.148 e. The summed E-state index contributed by atoms with van der Waals surface area (Å²) in [4.78, 5) is 0. The number of hydrogen-bond acceptors (Lipinski definition) is 2. The molecule has 0 unspecified atom stereocenters. The summed E-state index contributed by atoms with van der Waals surface area (Å²) in [5.41, 5.74) is 6.49. The molecular formula is C12H17FN2. The zero-order valence-electron chi connectivity index (χ0n) is 8.80. The fourth-order valence-electron chi connectivity index (χ4n) is 1.70. The molecule has 3 N–H and O–H groups in total. The van der Waals surface area contributed by atoms with Crippen molar-refractivity contribution < 1.29 is 4.39 Å². The van der Waals surface area contributed by atoms with Crippen LogP contribution in [0.2, 0.25) is 0 Å². The first kappa shape index (κ1) is 10.3. The van der Waals surface area contributed by atoms with Crippen molar-refractivity contribution in [1.29, 1.82) is 0 Å². The van der Waals surface area contributed by atoms with Crippen LogP contribution >= 0.6 is 0 Å². The molecule has 0 aromatic heterocycles. The molecule has 1 fully saturated rings. The highest BCUT2D eigenvalue weighted by Crippen LogP contribution is 2.33. The first-order valence-corrected chi connectivity index (χ1v) is 5.54. The summed E-state index contributed by atoms with van der Waals surface area (Å²) in [5.74, 6) is 0.685. The molecule has 0 amide bonds. The van der Waals surface area contributed by atoms with Gasteiger partial charge in [-0.05, 0) is 37.0 Å². The second kappa shape index (κ2) is 4.51. The molecule has 1 aliphatic rings. The SMILES string of the molecule is Nc1ccc(NCCCC2CC2)c(F)c1. The van der Waals surface area contributed by atoms with Crippen LogP contribution in [0.4, 0.5) is 15.8 Å². The maximum atomic E-state index is 13.3. The van der Waals surface area contributed by atoms with E-state index in [9.17, 15) is 4.39 Å². The topological polar surface area (TPSA) is 38.0 Å². The summed E-state index contributed by atoms with van der Waals surface area (Å²) in [6.45, 7) is 0.845. The van der Waals surface area contributed by atoms with Crippen molar-refractivity contribution in [2.24, 2.45) is 5.92 Å². The Balaban J connectivity index is 1.76. The van der Waals surface area contributed by atoms with Crippen LogP contribution in [-0.4, -0.2) is 6.54 Å². The van der Waals surface area contributed by atoms with E-state index in [0.29, 0.717) is 11.4 Å². The van der Waals surface area contributed by atoms with Crippen LogP contribution in [0.25, 0.3) is 0 Å². The van der Waals surface area contributed by atoms with Crippen molar-refractivity contribution in [2.75, 3.05) is 17.6 Å². The number of nitrogens with one attached hydrogen (secondary N) is 1. The molecule has 1 aliphatic carbocycles. The lowest BCUT2D eigenvalue weighted by molar-refractivity contribution is 0.628. The maximum Gasteiger partial charge on any atom is 0.148 e. The molecule has 0 spiro atoms. The zero-order valence-corrected chi connectivity index (χ0v) is 8.80. The number of halogens is 1. The van der Waals surface area contributed by atoms with Crippen LogP contribution in [0.5, 0.6) is 0 Å². The Morgan fingerprint density at radius 3 is 2.87 bits per heavy atom. The molecule has 0 aliphatic heterocycles. The van der Waals surface area contributed by atoms with Gasteiger partial charge in [-0.2, -0.15) is 0 Å². The van der Waals surface area contributed by atoms with E-state index in [-0.39, 0.29) is 5.82 Å². The van der Waals surface area contributed by atoms with Crippen molar-refractivity contribution in [2.45, 2.75) is 25.7 Å². The Morgan fingerprint density at radius 1 is 1.40 bits per heavy atom. The average Bonchev–Trinajstić information content (AvgIpc) is 2.99. The van der Waals surface area contributed by atoms with Crippen molar-refractivity contribution in [1.82, 2.24) is 0 Å². The van der Waals surface area contributed by atoms with Crippen LogP contribution in [0.1, 0.15) is 25.7 Å². The normalized spacial score (nSPS) is 15.3. The van der Waals surface area contributed by atoms with Crippen LogP contribution in [0.3, 0.4) is 0 Å². The molecule has 3 heteroatoms. The number of benzene rings is 1. The van der Waals surface area contributed by atoms with E-state index in [0.717, 1.165) is 18.9 Å². The van der Waals surface area contributed by atoms with Crippen LogP contribution in [-0.2, 0) is 0 Å². The van der Waals surface area contributed by atoms with Gasteiger partial charge in [-0.25, -0.2) is 4.39 Å². The second-order valence-electron chi connectivity index (χ2n) is 4.25. The molecule has 1 saturated carbocycles. The van der Waals surface area contributed by atoms with E-state index in [2.05, 4.69) is 5.32 Å². The van der Waals surface area contributed by atoms with Gasteiger partial charge in [0.15, 0.2) is 0 Å². The van der Waals surface area contributed by atoms with Gasteiger partial charge in [0.1, 0.15) is 5.82 Å². The van der Waals surface area contributed by atoms with E-state index in [1.807, 2.05) is 0 Å². The van der Waals surface area contributed by atoms with Crippen LogP contribution in [0.15, 0.2) is 18.2 Å². The van der Waals surface area contributed by atoms with Gasteiger partial charge in [-0.1, -0.05) is 12.8 Å². The Bertz CT molecular complexity index is 334. The first-order chi connectivity index (χ1) is 7.25. The summed E-state index contributed by atoms with van der Waals surface area (Å²) in [6.07, 6.45) is 5.16. The summed E-state index contributed by atoms with van der Waals surface area (Å²) in [5, 5.41) is 3.09. The number of nitrogens with two attached hydrogens (primary N) is 1. The third-order valence-corrected chi connectivity index (χ3v) is 2.79. The van der Waals surface area contributed by atoms with Crippen molar-refractivity contribution in [3.63, 3.8) is 0 Å². The molecule has 2 rings (SSSR count). The Labute approximate surface area is 89.7 Å². The minimum atomic E-state index is -0.263. The molecular weight excluding hydrogens is 191 g/mol. The molecule has 1 aromatic rings. The predicted octanol–water partition coefficient (Wildman–Crippen LogP) is 3.01. The first-order valence-electron chi connectivity index (χ1n) is 5.54. The molecule has 0 bridgehead atoms. The Morgan fingerprint density at radius 2 is 2.20 bits per heavy atom. The molecule has 15 heavy (non-hydrogen) atoms. The maximum absolute atomic E-state index is 13.3. The highest BCUT2D eigenvalue weighted by Gasteiger charge is 2.19. The second-order valence-corrected chi connectivity index (χ2v) is 4.25. The molecule has 0 saturated heterocycles. The molecule has 0 atom stereocenters. The number of anilines is 2. The largest absolute Gasteiger partial charge is 0.399 e. The lowest BCUT2D eigenvalue weighted by Gasteiger charge is -2.07. The monoisotopic (exact) mass is 208 g/mol. The van der Waals surface area contributed by atoms with Gasteiger partial charge in [-0.3, -0.25) is 0 Å². The molecule has 82 valence electrons. The highest BCUT2D eigenvalue weighted by molar-refractivity contribution is 5.52. The lowest BCUT2D eigenvalue weighted by atomic mass is 10.2. The molecule has 0 radical (unpaired) electrons. The summed E-state index contributed by atoms with van der Waals surface area (Å²) in [7, 11) is 0. The average molecular weight is 208 g/mol. The van der Waals surface area contributed by atoms with Crippen LogP contribution in [0, 0.1) is 11.7 Å². The third-order valence-electron chi connectivity index (χ3n) is 2.79. The van der Waals surface area contributed by atoms with Gasteiger partial charge in [0.05, 0.1) is 5.69 Å². The summed E-state index contributed by atoms with van der Waals surface area (Å²) in [6, 6.07) is 4.76. The standard InChI is InChI=1S/C12H17FN2/c13-11-8-10(14)5-6-12(11)15-7-1-2-9-3-4-9/h5-6,8-9,15H,1-4,7,14H2. The van der Waals surface area contributed by atoms with E-state index >= 15 is 0 Å². The van der Waals surface area contributed by atoms with Gasteiger partial charge < -0.3 is 11.1 Å². The highest BCUT2D eigenvalue weighted by atomic mass is 19.1. The minimum Gasteiger partial charge on any atom is -0.399 e. The Kier molecular flexibility index (Phi) is 3.09. The van der Waals surface area contributed by atoms with Crippen molar-refractivity contribution in [3.05, 3.63) is 24.0 Å². The summed E-state index contributed by atoms with van der Waals surface area (Å²) >= 11 is 0.